The Kier molecular flexibility index (Phi) is 6.11. The quantitative estimate of drug-likeness (QED) is 0.250. The van der Waals surface area contributed by atoms with Gasteiger partial charge in [0.15, 0.2) is 0 Å². The van der Waals surface area contributed by atoms with E-state index in [9.17, 15) is 4.79 Å². The number of amides is 1. The summed E-state index contributed by atoms with van der Waals surface area (Å²) in [6.45, 7) is 0. The summed E-state index contributed by atoms with van der Waals surface area (Å²) >= 11 is 7.42. The van der Waals surface area contributed by atoms with Gasteiger partial charge in [0, 0.05) is 10.6 Å². The molecule has 5 rings (SSSR count). The number of rotatable bonds is 6. The number of thioether (sulfide) groups is 1. The third-order valence-corrected chi connectivity index (χ3v) is 6.37. The van der Waals surface area contributed by atoms with Gasteiger partial charge in [0.1, 0.15) is 10.9 Å². The predicted molar refractivity (Wildman–Crippen MR) is 138 cm³/mol. The zero-order chi connectivity index (χ0) is 22.6. The summed E-state index contributed by atoms with van der Waals surface area (Å²) < 4.78 is 0. The molecule has 0 saturated heterocycles. The molecule has 0 spiro atoms. The van der Waals surface area contributed by atoms with Crippen LogP contribution in [0.15, 0.2) is 95.0 Å². The molecule has 0 atom stereocenters. The van der Waals surface area contributed by atoms with Crippen LogP contribution in [0.25, 0.3) is 22.4 Å². The second-order valence-electron chi connectivity index (χ2n) is 7.38. The Labute approximate surface area is 200 Å². The number of carbonyl (C=O) groups excluding carboxylic acids is 1. The van der Waals surface area contributed by atoms with E-state index in [0.29, 0.717) is 21.6 Å². The van der Waals surface area contributed by atoms with Crippen LogP contribution < -0.4 is 5.43 Å². The summed E-state index contributed by atoms with van der Waals surface area (Å²) in [5.41, 5.74) is 8.86. The number of hydrogen-bond acceptors (Lipinski definition) is 4. The Bertz CT molecular complexity index is 1350. The van der Waals surface area contributed by atoms with Gasteiger partial charge in [0.25, 0.3) is 5.91 Å². The van der Waals surface area contributed by atoms with Gasteiger partial charge in [-0.15, -0.1) is 0 Å². The number of hydrazone groups is 1. The maximum atomic E-state index is 12.0. The maximum absolute atomic E-state index is 12.0. The van der Waals surface area contributed by atoms with E-state index in [2.05, 4.69) is 44.8 Å². The number of benzene rings is 3. The molecule has 0 unspecified atom stereocenters. The lowest BCUT2D eigenvalue weighted by atomic mass is 9.98. The van der Waals surface area contributed by atoms with Gasteiger partial charge >= 0.3 is 0 Å². The minimum atomic E-state index is -0.132. The van der Waals surface area contributed by atoms with Crippen molar-refractivity contribution in [1.82, 2.24) is 4.98 Å². The lowest BCUT2D eigenvalue weighted by Crippen LogP contribution is -2.00. The van der Waals surface area contributed by atoms with Crippen LogP contribution in [0.3, 0.4) is 0 Å². The van der Waals surface area contributed by atoms with E-state index in [-0.39, 0.29) is 5.91 Å². The summed E-state index contributed by atoms with van der Waals surface area (Å²) in [6, 6.07) is 27.6. The molecule has 0 bridgehead atoms. The lowest BCUT2D eigenvalue weighted by molar-refractivity contribution is -0.115. The number of anilines is 1. The topological polar surface area (TPSA) is 69.6 Å². The number of aliphatic imine (C=N–C) groups is 1. The number of aromatic nitrogens is 1. The number of nitrogens with one attached hydrogen (secondary N) is 2. The minimum absolute atomic E-state index is 0.132. The third kappa shape index (κ3) is 4.62. The molecule has 2 heterocycles. The van der Waals surface area contributed by atoms with Crippen molar-refractivity contribution in [3.05, 3.63) is 101 Å². The van der Waals surface area contributed by atoms with Crippen LogP contribution in [-0.2, 0) is 4.79 Å². The van der Waals surface area contributed by atoms with Crippen molar-refractivity contribution < 1.29 is 4.79 Å². The first-order valence-electron chi connectivity index (χ1n) is 10.3. The molecule has 2 N–H and O–H groups in total. The average Bonchev–Trinajstić information content (AvgIpc) is 3.45. The molecular formula is C26H19ClN4OS. The molecule has 0 saturated carbocycles. The number of hydrogen-bond donors (Lipinski definition) is 2. The molecule has 1 amide bonds. The highest BCUT2D eigenvalue weighted by Gasteiger charge is 2.27. The smallest absolute Gasteiger partial charge is 0.257 e. The van der Waals surface area contributed by atoms with E-state index < -0.39 is 0 Å². The van der Waals surface area contributed by atoms with Gasteiger partial charge in [0.05, 0.1) is 23.2 Å². The molecule has 162 valence electrons. The fourth-order valence-corrected chi connectivity index (χ4v) is 4.63. The van der Waals surface area contributed by atoms with Crippen LogP contribution in [0, 0.1) is 0 Å². The zero-order valence-corrected chi connectivity index (χ0v) is 19.0. The van der Waals surface area contributed by atoms with Crippen molar-refractivity contribution in [2.75, 3.05) is 11.2 Å². The molecule has 0 radical (unpaired) electrons. The van der Waals surface area contributed by atoms with Crippen molar-refractivity contribution >= 4 is 46.3 Å². The molecule has 1 aromatic heterocycles. The molecule has 5 nitrogen and oxygen atoms in total. The number of carbonyl (C=O) groups is 1. The minimum Gasteiger partial charge on any atom is -0.339 e. The van der Waals surface area contributed by atoms with E-state index in [1.807, 2.05) is 60.7 Å². The highest BCUT2D eigenvalue weighted by atomic mass is 35.5. The van der Waals surface area contributed by atoms with E-state index in [1.165, 1.54) is 11.8 Å². The first-order valence-corrected chi connectivity index (χ1v) is 11.7. The number of halogens is 1. The van der Waals surface area contributed by atoms with Crippen LogP contribution in [0.5, 0.6) is 0 Å². The summed E-state index contributed by atoms with van der Waals surface area (Å²) in [5.74, 6) is 0.883. The molecule has 3 aromatic carbocycles. The number of nitrogens with zero attached hydrogens (tertiary/aromatic N) is 2. The SMILES string of the molecule is O=C1CSC(c2c(N/N=C/c3ccc(Cl)cc3)[nH]c(-c3ccccc3)c2-c2ccccc2)=N1. The Hall–Kier alpha value is -3.61. The van der Waals surface area contributed by atoms with Crippen molar-refractivity contribution in [1.29, 1.82) is 0 Å². The molecule has 1 aliphatic heterocycles. The fraction of sp³-hybridized carbons (Fsp3) is 0.0385. The van der Waals surface area contributed by atoms with Crippen molar-refractivity contribution in [2.45, 2.75) is 0 Å². The largest absolute Gasteiger partial charge is 0.339 e. The molecule has 0 aliphatic carbocycles. The van der Waals surface area contributed by atoms with Gasteiger partial charge in [0.2, 0.25) is 0 Å². The van der Waals surface area contributed by atoms with Crippen LogP contribution >= 0.6 is 23.4 Å². The molecule has 0 fully saturated rings. The Morgan fingerprint density at radius 2 is 1.58 bits per heavy atom. The Morgan fingerprint density at radius 1 is 0.909 bits per heavy atom. The van der Waals surface area contributed by atoms with Crippen molar-refractivity contribution in [3.63, 3.8) is 0 Å². The third-order valence-electron chi connectivity index (χ3n) is 5.16. The molecule has 33 heavy (non-hydrogen) atoms. The Balaban J connectivity index is 1.64. The summed E-state index contributed by atoms with van der Waals surface area (Å²) in [4.78, 5) is 19.8. The molecule has 7 heteroatoms. The van der Waals surface area contributed by atoms with Crippen LogP contribution in [0.2, 0.25) is 5.02 Å². The second-order valence-corrected chi connectivity index (χ2v) is 8.78. The standard InChI is InChI=1S/C26H19ClN4OS/c27-20-13-11-17(12-14-20)15-28-31-25-23(26-29-21(32)16-33-26)22(18-7-3-1-4-8-18)24(30-25)19-9-5-2-6-10-19/h1-15,30-31H,16H2/b28-15+. The maximum Gasteiger partial charge on any atom is 0.257 e. The van der Waals surface area contributed by atoms with Crippen molar-refractivity contribution in [2.24, 2.45) is 10.1 Å². The summed E-state index contributed by atoms with van der Waals surface area (Å²) in [7, 11) is 0. The van der Waals surface area contributed by atoms with E-state index in [4.69, 9.17) is 11.6 Å². The van der Waals surface area contributed by atoms with Gasteiger partial charge in [-0.3, -0.25) is 10.2 Å². The van der Waals surface area contributed by atoms with E-state index in [1.54, 1.807) is 6.21 Å². The van der Waals surface area contributed by atoms with Gasteiger partial charge in [-0.1, -0.05) is 96.2 Å². The first kappa shape index (κ1) is 21.2. The lowest BCUT2D eigenvalue weighted by Gasteiger charge is -2.08. The normalized spacial score (nSPS) is 13.5. The highest BCUT2D eigenvalue weighted by molar-refractivity contribution is 8.15. The second kappa shape index (κ2) is 9.48. The monoisotopic (exact) mass is 470 g/mol. The van der Waals surface area contributed by atoms with Crippen LogP contribution in [0.1, 0.15) is 11.1 Å². The van der Waals surface area contributed by atoms with Gasteiger partial charge in [-0.25, -0.2) is 4.99 Å². The van der Waals surface area contributed by atoms with E-state index >= 15 is 0 Å². The summed E-state index contributed by atoms with van der Waals surface area (Å²) in [5, 5.41) is 5.79. The van der Waals surface area contributed by atoms with Crippen LogP contribution in [-0.4, -0.2) is 27.9 Å². The fourth-order valence-electron chi connectivity index (χ4n) is 3.67. The van der Waals surface area contributed by atoms with Crippen LogP contribution in [0.4, 0.5) is 5.82 Å². The average molecular weight is 471 g/mol. The van der Waals surface area contributed by atoms with Gasteiger partial charge < -0.3 is 4.98 Å². The Morgan fingerprint density at radius 3 is 2.21 bits per heavy atom. The molecule has 1 aliphatic rings. The highest BCUT2D eigenvalue weighted by Crippen LogP contribution is 2.41. The molecular weight excluding hydrogens is 452 g/mol. The van der Waals surface area contributed by atoms with Gasteiger partial charge in [-0.05, 0) is 28.8 Å². The predicted octanol–water partition coefficient (Wildman–Crippen LogP) is 6.47. The summed E-state index contributed by atoms with van der Waals surface area (Å²) in [6.07, 6.45) is 1.72. The van der Waals surface area contributed by atoms with Gasteiger partial charge in [-0.2, -0.15) is 5.10 Å². The first-order chi connectivity index (χ1) is 16.2. The number of H-pyrrole nitrogens is 1. The molecule has 4 aromatic rings. The number of aromatic amines is 1. The van der Waals surface area contributed by atoms with Crippen molar-refractivity contribution in [3.8, 4) is 22.4 Å². The van der Waals surface area contributed by atoms with E-state index in [0.717, 1.165) is 33.5 Å². The zero-order valence-electron chi connectivity index (χ0n) is 17.5.